The Hall–Kier alpha value is -1.16. The standard InChI is InChI=1S/C16H27N3O/c1-5-17-14-11-13(12(3)4)18-15(19-14)16(20-6-2)9-7-8-10-16/h11-12H,5-10H2,1-4H3,(H,17,18,19). The lowest BCUT2D eigenvalue weighted by atomic mass is 10.00. The summed E-state index contributed by atoms with van der Waals surface area (Å²) in [6.45, 7) is 10.1. The Kier molecular flexibility index (Phi) is 4.97. The van der Waals surface area contributed by atoms with E-state index in [1.54, 1.807) is 0 Å². The molecule has 0 unspecified atom stereocenters. The van der Waals surface area contributed by atoms with Crippen molar-refractivity contribution < 1.29 is 4.74 Å². The molecule has 112 valence electrons. The molecule has 4 heteroatoms. The van der Waals surface area contributed by atoms with Gasteiger partial charge in [0.1, 0.15) is 11.4 Å². The van der Waals surface area contributed by atoms with Crippen LogP contribution in [0.4, 0.5) is 5.82 Å². The van der Waals surface area contributed by atoms with Gasteiger partial charge in [-0.05, 0) is 45.4 Å². The fraction of sp³-hybridized carbons (Fsp3) is 0.750. The fourth-order valence-corrected chi connectivity index (χ4v) is 2.89. The molecule has 0 aliphatic heterocycles. The summed E-state index contributed by atoms with van der Waals surface area (Å²) >= 11 is 0. The molecular weight excluding hydrogens is 250 g/mol. The average Bonchev–Trinajstić information content (AvgIpc) is 2.89. The third-order valence-corrected chi connectivity index (χ3v) is 3.93. The summed E-state index contributed by atoms with van der Waals surface area (Å²) in [5.41, 5.74) is 0.834. The van der Waals surface area contributed by atoms with Gasteiger partial charge in [0, 0.05) is 24.9 Å². The molecule has 0 atom stereocenters. The molecule has 0 amide bonds. The maximum Gasteiger partial charge on any atom is 0.162 e. The van der Waals surface area contributed by atoms with Crippen LogP contribution in [0.1, 0.15) is 70.8 Å². The van der Waals surface area contributed by atoms with E-state index in [0.29, 0.717) is 12.5 Å². The van der Waals surface area contributed by atoms with Crippen LogP contribution in [-0.2, 0) is 10.3 Å². The highest BCUT2D eigenvalue weighted by molar-refractivity contribution is 5.37. The predicted molar refractivity (Wildman–Crippen MR) is 82.1 cm³/mol. The van der Waals surface area contributed by atoms with E-state index < -0.39 is 0 Å². The molecule has 0 radical (unpaired) electrons. The van der Waals surface area contributed by atoms with Gasteiger partial charge >= 0.3 is 0 Å². The molecule has 1 saturated carbocycles. The van der Waals surface area contributed by atoms with Crippen molar-refractivity contribution in [3.8, 4) is 0 Å². The molecule has 1 heterocycles. The smallest absolute Gasteiger partial charge is 0.162 e. The molecular formula is C16H27N3O. The number of aromatic nitrogens is 2. The van der Waals surface area contributed by atoms with E-state index in [0.717, 1.165) is 36.7 Å². The first kappa shape index (κ1) is 15.2. The number of nitrogens with one attached hydrogen (secondary N) is 1. The lowest BCUT2D eigenvalue weighted by Gasteiger charge is -2.28. The zero-order valence-corrected chi connectivity index (χ0v) is 13.2. The van der Waals surface area contributed by atoms with Crippen LogP contribution in [0.3, 0.4) is 0 Å². The van der Waals surface area contributed by atoms with E-state index in [9.17, 15) is 0 Å². The molecule has 2 rings (SSSR count). The Labute approximate surface area is 122 Å². The van der Waals surface area contributed by atoms with Gasteiger partial charge in [-0.3, -0.25) is 0 Å². The number of nitrogens with zero attached hydrogens (tertiary/aromatic N) is 2. The molecule has 0 spiro atoms. The van der Waals surface area contributed by atoms with Crippen molar-refractivity contribution in [3.63, 3.8) is 0 Å². The summed E-state index contributed by atoms with van der Waals surface area (Å²) < 4.78 is 6.09. The first-order chi connectivity index (χ1) is 9.61. The molecule has 1 N–H and O–H groups in total. The van der Waals surface area contributed by atoms with Gasteiger partial charge < -0.3 is 10.1 Å². The van der Waals surface area contributed by atoms with Crippen LogP contribution in [0.5, 0.6) is 0 Å². The zero-order valence-electron chi connectivity index (χ0n) is 13.2. The van der Waals surface area contributed by atoms with Gasteiger partial charge in [0.05, 0.1) is 0 Å². The van der Waals surface area contributed by atoms with Crippen LogP contribution >= 0.6 is 0 Å². The maximum absolute atomic E-state index is 6.09. The minimum atomic E-state index is -0.260. The third-order valence-electron chi connectivity index (χ3n) is 3.93. The van der Waals surface area contributed by atoms with E-state index in [4.69, 9.17) is 14.7 Å². The number of hydrogen-bond donors (Lipinski definition) is 1. The zero-order chi connectivity index (χ0) is 14.6. The molecule has 20 heavy (non-hydrogen) atoms. The van der Waals surface area contributed by atoms with Crippen LogP contribution in [0.2, 0.25) is 0 Å². The van der Waals surface area contributed by atoms with Gasteiger partial charge in [0.25, 0.3) is 0 Å². The molecule has 0 aromatic carbocycles. The summed E-state index contributed by atoms with van der Waals surface area (Å²) in [6, 6.07) is 2.06. The first-order valence-electron chi connectivity index (χ1n) is 7.88. The Morgan fingerprint density at radius 2 is 1.95 bits per heavy atom. The van der Waals surface area contributed by atoms with E-state index in [1.165, 1.54) is 12.8 Å². The van der Waals surface area contributed by atoms with Gasteiger partial charge in [-0.25, -0.2) is 9.97 Å². The second-order valence-corrected chi connectivity index (χ2v) is 5.82. The predicted octanol–water partition coefficient (Wildman–Crippen LogP) is 3.84. The van der Waals surface area contributed by atoms with Crippen LogP contribution < -0.4 is 5.32 Å². The number of anilines is 1. The summed E-state index contributed by atoms with van der Waals surface area (Å²) in [4.78, 5) is 9.54. The lowest BCUT2D eigenvalue weighted by molar-refractivity contribution is -0.0457. The van der Waals surface area contributed by atoms with E-state index in [2.05, 4.69) is 39.1 Å². The van der Waals surface area contributed by atoms with E-state index in [1.807, 2.05) is 0 Å². The highest BCUT2D eigenvalue weighted by Gasteiger charge is 2.39. The Morgan fingerprint density at radius 3 is 2.50 bits per heavy atom. The molecule has 0 saturated heterocycles. The van der Waals surface area contributed by atoms with Crippen molar-refractivity contribution in [2.75, 3.05) is 18.5 Å². The fourth-order valence-electron chi connectivity index (χ4n) is 2.89. The second kappa shape index (κ2) is 6.53. The highest BCUT2D eigenvalue weighted by atomic mass is 16.5. The van der Waals surface area contributed by atoms with Gasteiger partial charge in [-0.2, -0.15) is 0 Å². The van der Waals surface area contributed by atoms with Gasteiger partial charge in [0.2, 0.25) is 0 Å². The third kappa shape index (κ3) is 3.11. The van der Waals surface area contributed by atoms with E-state index >= 15 is 0 Å². The maximum atomic E-state index is 6.09. The van der Waals surface area contributed by atoms with Gasteiger partial charge in [-0.15, -0.1) is 0 Å². The largest absolute Gasteiger partial charge is 0.370 e. The van der Waals surface area contributed by atoms with Crippen molar-refractivity contribution in [2.45, 2.75) is 64.9 Å². The molecule has 1 aromatic heterocycles. The van der Waals surface area contributed by atoms with Crippen molar-refractivity contribution >= 4 is 5.82 Å². The minimum absolute atomic E-state index is 0.260. The quantitative estimate of drug-likeness (QED) is 0.858. The molecule has 1 aliphatic rings. The number of rotatable bonds is 6. The van der Waals surface area contributed by atoms with Crippen molar-refractivity contribution in [1.82, 2.24) is 9.97 Å². The Bertz CT molecular complexity index is 439. The summed E-state index contributed by atoms with van der Waals surface area (Å²) in [7, 11) is 0. The number of ether oxygens (including phenoxy) is 1. The highest BCUT2D eigenvalue weighted by Crippen LogP contribution is 2.41. The lowest BCUT2D eigenvalue weighted by Crippen LogP contribution is -2.29. The number of hydrogen-bond acceptors (Lipinski definition) is 4. The molecule has 0 bridgehead atoms. The summed E-state index contributed by atoms with van der Waals surface area (Å²) in [5, 5.41) is 3.32. The minimum Gasteiger partial charge on any atom is -0.370 e. The van der Waals surface area contributed by atoms with Crippen LogP contribution in [0.25, 0.3) is 0 Å². The summed E-state index contributed by atoms with van der Waals surface area (Å²) in [5.74, 6) is 2.19. The van der Waals surface area contributed by atoms with Crippen molar-refractivity contribution in [3.05, 3.63) is 17.6 Å². The monoisotopic (exact) mass is 277 g/mol. The topological polar surface area (TPSA) is 47.0 Å². The average molecular weight is 277 g/mol. The molecule has 4 nitrogen and oxygen atoms in total. The summed E-state index contributed by atoms with van der Waals surface area (Å²) in [6.07, 6.45) is 4.47. The Balaban J connectivity index is 2.42. The molecule has 1 aliphatic carbocycles. The SMILES string of the molecule is CCNc1cc(C(C)C)nc(C2(OCC)CCCC2)n1. The normalized spacial score (nSPS) is 17.6. The second-order valence-electron chi connectivity index (χ2n) is 5.82. The van der Waals surface area contributed by atoms with Crippen molar-refractivity contribution in [2.24, 2.45) is 0 Å². The van der Waals surface area contributed by atoms with Gasteiger partial charge in [0.15, 0.2) is 5.82 Å². The molecule has 1 aromatic rings. The molecule has 1 fully saturated rings. The van der Waals surface area contributed by atoms with Crippen LogP contribution in [0, 0.1) is 0 Å². The van der Waals surface area contributed by atoms with Gasteiger partial charge in [-0.1, -0.05) is 13.8 Å². The van der Waals surface area contributed by atoms with Crippen LogP contribution in [0.15, 0.2) is 6.07 Å². The first-order valence-corrected chi connectivity index (χ1v) is 7.88. The Morgan fingerprint density at radius 1 is 1.25 bits per heavy atom. The van der Waals surface area contributed by atoms with E-state index in [-0.39, 0.29) is 5.60 Å². The van der Waals surface area contributed by atoms with Crippen LogP contribution in [-0.4, -0.2) is 23.1 Å². The van der Waals surface area contributed by atoms with Crippen molar-refractivity contribution in [1.29, 1.82) is 0 Å².